The van der Waals surface area contributed by atoms with Crippen LogP contribution in [0.1, 0.15) is 15.9 Å². The number of likely N-dealkylation sites (N-methyl/N-ethyl adjacent to an activating group) is 1. The Labute approximate surface area is 182 Å². The third kappa shape index (κ3) is 4.67. The monoisotopic (exact) mass is 417 g/mol. The molecule has 0 spiro atoms. The molecule has 2 heterocycles. The zero-order valence-corrected chi connectivity index (χ0v) is 18.2. The molecule has 7 nitrogen and oxygen atoms in total. The second-order valence-corrected chi connectivity index (χ2v) is 7.79. The van der Waals surface area contributed by atoms with Crippen LogP contribution in [0.15, 0.2) is 60.8 Å². The van der Waals surface area contributed by atoms with Crippen molar-refractivity contribution in [1.29, 1.82) is 0 Å². The number of para-hydroxylation sites is 1. The smallest absolute Gasteiger partial charge is 0.259 e. The fraction of sp³-hybridized carbons (Fsp3) is 0.292. The summed E-state index contributed by atoms with van der Waals surface area (Å²) in [5, 5.41) is 0. The van der Waals surface area contributed by atoms with Crippen molar-refractivity contribution in [3.8, 4) is 5.75 Å². The van der Waals surface area contributed by atoms with E-state index < -0.39 is 0 Å². The first-order valence-corrected chi connectivity index (χ1v) is 10.4. The number of carbonyl (C=O) groups excluding carboxylic acids is 1. The topological polar surface area (TPSA) is 61.8 Å². The predicted molar refractivity (Wildman–Crippen MR) is 122 cm³/mol. The lowest BCUT2D eigenvalue weighted by Gasteiger charge is -2.25. The Kier molecular flexibility index (Phi) is 6.13. The Balaban J connectivity index is 1.65. The van der Waals surface area contributed by atoms with E-state index in [1.807, 2.05) is 74.6 Å². The molecule has 31 heavy (non-hydrogen) atoms. The third-order valence-electron chi connectivity index (χ3n) is 5.30. The molecule has 0 bridgehead atoms. The van der Waals surface area contributed by atoms with E-state index in [0.717, 1.165) is 23.4 Å². The molecule has 0 saturated carbocycles. The number of nitrogens with zero attached hydrogens (tertiary/aromatic N) is 5. The van der Waals surface area contributed by atoms with Gasteiger partial charge in [-0.2, -0.15) is 4.98 Å². The molecule has 1 aliphatic heterocycles. The van der Waals surface area contributed by atoms with Gasteiger partial charge in [0.25, 0.3) is 5.91 Å². The second kappa shape index (κ2) is 9.14. The van der Waals surface area contributed by atoms with Crippen molar-refractivity contribution in [1.82, 2.24) is 14.9 Å². The Morgan fingerprint density at radius 3 is 2.61 bits per heavy atom. The Morgan fingerprint density at radius 1 is 1.03 bits per heavy atom. The molecular weight excluding hydrogens is 390 g/mol. The Morgan fingerprint density at radius 2 is 1.84 bits per heavy atom. The van der Waals surface area contributed by atoms with Crippen molar-refractivity contribution in [2.45, 2.75) is 6.42 Å². The molecule has 7 heteroatoms. The molecule has 1 aliphatic rings. The molecule has 0 unspecified atom stereocenters. The molecule has 0 saturated heterocycles. The van der Waals surface area contributed by atoms with Gasteiger partial charge in [-0.1, -0.05) is 18.2 Å². The van der Waals surface area contributed by atoms with Crippen LogP contribution in [0, 0.1) is 0 Å². The van der Waals surface area contributed by atoms with Gasteiger partial charge in [-0.3, -0.25) is 9.69 Å². The summed E-state index contributed by atoms with van der Waals surface area (Å²) in [6.07, 6.45) is 2.53. The first-order chi connectivity index (χ1) is 15.0. The van der Waals surface area contributed by atoms with Crippen LogP contribution in [0.2, 0.25) is 0 Å². The first kappa shape index (κ1) is 20.8. The molecule has 0 N–H and O–H groups in total. The van der Waals surface area contributed by atoms with E-state index in [4.69, 9.17) is 9.72 Å². The highest BCUT2D eigenvalue weighted by Crippen LogP contribution is 2.27. The number of hydrogen-bond acceptors (Lipinski definition) is 6. The highest BCUT2D eigenvalue weighted by Gasteiger charge is 2.22. The predicted octanol–water partition coefficient (Wildman–Crippen LogP) is 3.39. The summed E-state index contributed by atoms with van der Waals surface area (Å²) in [7, 11) is 5.90. The van der Waals surface area contributed by atoms with Gasteiger partial charge in [0.15, 0.2) is 0 Å². The molecule has 0 fully saturated rings. The van der Waals surface area contributed by atoms with Crippen LogP contribution in [0.25, 0.3) is 0 Å². The number of aromatic nitrogens is 2. The number of anilines is 3. The summed E-state index contributed by atoms with van der Waals surface area (Å²) in [4.78, 5) is 28.3. The van der Waals surface area contributed by atoms with Crippen LogP contribution in [0.5, 0.6) is 5.75 Å². The zero-order valence-electron chi connectivity index (χ0n) is 18.2. The number of rotatable bonds is 7. The van der Waals surface area contributed by atoms with E-state index in [1.54, 1.807) is 17.2 Å². The summed E-state index contributed by atoms with van der Waals surface area (Å²) < 4.78 is 5.58. The molecule has 3 aromatic rings. The van der Waals surface area contributed by atoms with Gasteiger partial charge in [-0.15, -0.1) is 0 Å². The van der Waals surface area contributed by atoms with Crippen molar-refractivity contribution in [2.75, 3.05) is 50.6 Å². The quantitative estimate of drug-likeness (QED) is 0.587. The fourth-order valence-corrected chi connectivity index (χ4v) is 3.51. The van der Waals surface area contributed by atoms with Crippen molar-refractivity contribution < 1.29 is 9.53 Å². The minimum Gasteiger partial charge on any atom is -0.493 e. The van der Waals surface area contributed by atoms with E-state index in [-0.39, 0.29) is 5.91 Å². The maximum absolute atomic E-state index is 13.5. The highest BCUT2D eigenvalue weighted by atomic mass is 16.5. The van der Waals surface area contributed by atoms with Crippen LogP contribution in [-0.4, -0.2) is 61.6 Å². The molecule has 0 radical (unpaired) electrons. The first-order valence-electron chi connectivity index (χ1n) is 10.4. The van der Waals surface area contributed by atoms with Crippen LogP contribution in [0.3, 0.4) is 0 Å². The molecular formula is C24H27N5O2. The van der Waals surface area contributed by atoms with E-state index in [2.05, 4.69) is 9.88 Å². The maximum atomic E-state index is 13.5. The number of carbonyl (C=O) groups is 1. The van der Waals surface area contributed by atoms with Crippen molar-refractivity contribution >= 4 is 23.4 Å². The molecule has 4 rings (SSSR count). The van der Waals surface area contributed by atoms with Crippen molar-refractivity contribution in [3.05, 3.63) is 71.9 Å². The van der Waals surface area contributed by atoms with Gasteiger partial charge in [0.05, 0.1) is 6.61 Å². The van der Waals surface area contributed by atoms with Gasteiger partial charge in [-0.05, 0) is 56.1 Å². The number of ether oxygens (including phenoxy) is 1. The van der Waals surface area contributed by atoms with Gasteiger partial charge >= 0.3 is 0 Å². The standard InChI is InChI=1S/C24H27N5O2/c1-27(2)14-15-29(23(30)19-9-10-21-18(17-19)12-16-31-21)22-11-13-25-24(26-22)28(3)20-7-5-4-6-8-20/h4-11,13,17H,12,14-16H2,1-3H3. The minimum absolute atomic E-state index is 0.0800. The number of amides is 1. The summed E-state index contributed by atoms with van der Waals surface area (Å²) in [6.45, 7) is 1.90. The molecule has 1 aromatic heterocycles. The van der Waals surface area contributed by atoms with Gasteiger partial charge in [0.2, 0.25) is 5.95 Å². The van der Waals surface area contributed by atoms with E-state index in [0.29, 0.717) is 37.0 Å². The van der Waals surface area contributed by atoms with Gasteiger partial charge in [0.1, 0.15) is 11.6 Å². The largest absolute Gasteiger partial charge is 0.493 e. The highest BCUT2D eigenvalue weighted by molar-refractivity contribution is 6.05. The summed E-state index contributed by atoms with van der Waals surface area (Å²) in [5.74, 6) is 1.90. The van der Waals surface area contributed by atoms with Crippen LogP contribution < -0.4 is 14.5 Å². The lowest BCUT2D eigenvalue weighted by atomic mass is 10.1. The number of benzene rings is 2. The SMILES string of the molecule is CN(C)CCN(C(=O)c1ccc2c(c1)CCO2)c1ccnc(N(C)c2ccccc2)n1. The summed E-state index contributed by atoms with van der Waals surface area (Å²) in [6, 6.07) is 17.3. The lowest BCUT2D eigenvalue weighted by Crippen LogP contribution is -2.37. The normalized spacial score (nSPS) is 12.4. The van der Waals surface area contributed by atoms with Crippen LogP contribution in [-0.2, 0) is 6.42 Å². The lowest BCUT2D eigenvalue weighted by molar-refractivity contribution is 0.0984. The Bertz CT molecular complexity index is 1050. The van der Waals surface area contributed by atoms with Gasteiger partial charge < -0.3 is 14.5 Å². The van der Waals surface area contributed by atoms with E-state index >= 15 is 0 Å². The molecule has 0 aliphatic carbocycles. The van der Waals surface area contributed by atoms with Gasteiger partial charge in [-0.25, -0.2) is 4.98 Å². The minimum atomic E-state index is -0.0800. The number of hydrogen-bond donors (Lipinski definition) is 0. The van der Waals surface area contributed by atoms with Crippen molar-refractivity contribution in [3.63, 3.8) is 0 Å². The molecule has 1 amide bonds. The van der Waals surface area contributed by atoms with E-state index in [1.165, 1.54) is 0 Å². The second-order valence-electron chi connectivity index (χ2n) is 7.79. The average molecular weight is 418 g/mol. The molecule has 0 atom stereocenters. The maximum Gasteiger partial charge on any atom is 0.259 e. The van der Waals surface area contributed by atoms with Gasteiger partial charge in [0, 0.05) is 44.0 Å². The summed E-state index contributed by atoms with van der Waals surface area (Å²) >= 11 is 0. The third-order valence-corrected chi connectivity index (χ3v) is 5.30. The average Bonchev–Trinajstić information content (AvgIpc) is 3.27. The summed E-state index contributed by atoms with van der Waals surface area (Å²) in [5.41, 5.74) is 2.69. The zero-order chi connectivity index (χ0) is 21.8. The van der Waals surface area contributed by atoms with Crippen LogP contribution in [0.4, 0.5) is 17.5 Å². The van der Waals surface area contributed by atoms with Crippen molar-refractivity contribution in [2.24, 2.45) is 0 Å². The molecule has 2 aromatic carbocycles. The van der Waals surface area contributed by atoms with E-state index in [9.17, 15) is 4.79 Å². The Hall–Kier alpha value is -3.45. The fourth-order valence-electron chi connectivity index (χ4n) is 3.51. The molecule has 160 valence electrons. The van der Waals surface area contributed by atoms with Crippen LogP contribution >= 0.6 is 0 Å². The number of fused-ring (bicyclic) bond motifs is 1.